The fraction of sp³-hybridized carbons (Fsp3) is 0.429. The van der Waals surface area contributed by atoms with Gasteiger partial charge in [-0.25, -0.2) is 0 Å². The molecular weight excluding hydrogens is 370 g/mol. The Kier molecular flexibility index (Phi) is 5.59. The third-order valence-electron chi connectivity index (χ3n) is 5.49. The van der Waals surface area contributed by atoms with Crippen LogP contribution in [0.15, 0.2) is 36.4 Å². The van der Waals surface area contributed by atoms with Crippen molar-refractivity contribution in [3.63, 3.8) is 0 Å². The lowest BCUT2D eigenvalue weighted by Crippen LogP contribution is -2.52. The molecule has 8 heteroatoms. The van der Waals surface area contributed by atoms with Crippen molar-refractivity contribution in [3.05, 3.63) is 53.3 Å². The molecule has 0 unspecified atom stereocenters. The number of carbonyl (C=O) groups is 3. The van der Waals surface area contributed by atoms with E-state index in [1.54, 1.807) is 34.1 Å². The van der Waals surface area contributed by atoms with E-state index in [2.05, 4.69) is 10.4 Å². The first-order valence-electron chi connectivity index (χ1n) is 10.1. The number of nitrogens with one attached hydrogen (secondary N) is 1. The Morgan fingerprint density at radius 2 is 1.66 bits per heavy atom. The average molecular weight is 395 g/mol. The first kappa shape index (κ1) is 19.2. The highest BCUT2D eigenvalue weighted by Gasteiger charge is 2.27. The van der Waals surface area contributed by atoms with Crippen LogP contribution in [-0.2, 0) is 17.8 Å². The Morgan fingerprint density at radius 1 is 0.931 bits per heavy atom. The zero-order valence-electron chi connectivity index (χ0n) is 16.3. The molecule has 0 radical (unpaired) electrons. The lowest BCUT2D eigenvalue weighted by atomic mass is 10.1. The highest BCUT2D eigenvalue weighted by Crippen LogP contribution is 2.17. The maximum atomic E-state index is 12.8. The second-order valence-electron chi connectivity index (χ2n) is 7.42. The van der Waals surface area contributed by atoms with Crippen molar-refractivity contribution in [1.82, 2.24) is 24.9 Å². The minimum Gasteiger partial charge on any atom is -0.343 e. The smallest absolute Gasteiger partial charge is 0.274 e. The molecule has 0 atom stereocenters. The van der Waals surface area contributed by atoms with E-state index >= 15 is 0 Å². The third-order valence-corrected chi connectivity index (χ3v) is 5.49. The summed E-state index contributed by atoms with van der Waals surface area (Å²) in [4.78, 5) is 40.7. The molecule has 0 saturated carbocycles. The SMILES string of the molecule is O=C(NCC(=O)N1CCN(C(=O)c2cc3n(n2)CCCC3)CC1)c1ccccc1. The molecule has 8 nitrogen and oxygen atoms in total. The lowest BCUT2D eigenvalue weighted by Gasteiger charge is -2.34. The van der Waals surface area contributed by atoms with E-state index in [9.17, 15) is 14.4 Å². The number of hydrogen-bond donors (Lipinski definition) is 1. The zero-order chi connectivity index (χ0) is 20.2. The van der Waals surface area contributed by atoms with E-state index in [1.807, 2.05) is 16.8 Å². The van der Waals surface area contributed by atoms with Crippen molar-refractivity contribution in [2.24, 2.45) is 0 Å². The molecule has 152 valence electrons. The van der Waals surface area contributed by atoms with Crippen LogP contribution in [0, 0.1) is 0 Å². The summed E-state index contributed by atoms with van der Waals surface area (Å²) in [7, 11) is 0. The minimum atomic E-state index is -0.267. The second kappa shape index (κ2) is 8.46. The van der Waals surface area contributed by atoms with Crippen LogP contribution in [-0.4, -0.2) is 70.0 Å². The van der Waals surface area contributed by atoms with Crippen LogP contribution >= 0.6 is 0 Å². The Morgan fingerprint density at radius 3 is 2.38 bits per heavy atom. The molecule has 4 rings (SSSR count). The molecule has 0 bridgehead atoms. The van der Waals surface area contributed by atoms with Gasteiger partial charge >= 0.3 is 0 Å². The first-order chi connectivity index (χ1) is 14.1. The minimum absolute atomic E-state index is 0.0462. The van der Waals surface area contributed by atoms with E-state index < -0.39 is 0 Å². The molecule has 1 aromatic carbocycles. The zero-order valence-corrected chi connectivity index (χ0v) is 16.3. The number of aryl methyl sites for hydroxylation is 2. The molecule has 1 aromatic heterocycles. The summed E-state index contributed by atoms with van der Waals surface area (Å²) in [6.45, 7) is 2.69. The van der Waals surface area contributed by atoms with Crippen molar-refractivity contribution in [3.8, 4) is 0 Å². The van der Waals surface area contributed by atoms with E-state index in [4.69, 9.17) is 0 Å². The molecule has 1 fully saturated rings. The van der Waals surface area contributed by atoms with Gasteiger partial charge < -0.3 is 15.1 Å². The summed E-state index contributed by atoms with van der Waals surface area (Å²) >= 11 is 0. The number of fused-ring (bicyclic) bond motifs is 1. The quantitative estimate of drug-likeness (QED) is 0.834. The van der Waals surface area contributed by atoms with Gasteiger partial charge in [0.25, 0.3) is 11.8 Å². The Bertz CT molecular complexity index is 877. The highest BCUT2D eigenvalue weighted by atomic mass is 16.2. The monoisotopic (exact) mass is 395 g/mol. The van der Waals surface area contributed by atoms with Crippen molar-refractivity contribution in [2.45, 2.75) is 25.8 Å². The number of rotatable bonds is 4. The number of carbonyl (C=O) groups excluding carboxylic acids is 3. The van der Waals surface area contributed by atoms with Gasteiger partial charge in [-0.05, 0) is 37.5 Å². The van der Waals surface area contributed by atoms with Crippen molar-refractivity contribution in [2.75, 3.05) is 32.7 Å². The molecule has 1 N–H and O–H groups in total. The standard InChI is InChI=1S/C21H25N5O3/c27-19(15-22-20(28)16-6-2-1-3-7-16)24-10-12-25(13-11-24)21(29)18-14-17-8-4-5-9-26(17)23-18/h1-3,6-7,14H,4-5,8-13,15H2,(H,22,28). The number of piperazine rings is 1. The fourth-order valence-electron chi connectivity index (χ4n) is 3.80. The second-order valence-corrected chi connectivity index (χ2v) is 7.42. The lowest BCUT2D eigenvalue weighted by molar-refractivity contribution is -0.131. The van der Waals surface area contributed by atoms with Gasteiger partial charge in [-0.1, -0.05) is 18.2 Å². The molecule has 3 amide bonds. The number of hydrogen-bond acceptors (Lipinski definition) is 4. The fourth-order valence-corrected chi connectivity index (χ4v) is 3.80. The average Bonchev–Trinajstić information content (AvgIpc) is 3.22. The summed E-state index contributed by atoms with van der Waals surface area (Å²) in [5.41, 5.74) is 2.15. The van der Waals surface area contributed by atoms with Gasteiger partial charge in [-0.3, -0.25) is 19.1 Å². The third kappa shape index (κ3) is 4.31. The Hall–Kier alpha value is -3.16. The Balaban J connectivity index is 1.26. The maximum absolute atomic E-state index is 12.8. The molecule has 29 heavy (non-hydrogen) atoms. The maximum Gasteiger partial charge on any atom is 0.274 e. The largest absolute Gasteiger partial charge is 0.343 e. The topological polar surface area (TPSA) is 87.5 Å². The number of benzene rings is 1. The van der Waals surface area contributed by atoms with Crippen LogP contribution in [0.5, 0.6) is 0 Å². The predicted octanol–water partition coefficient (Wildman–Crippen LogP) is 0.934. The van der Waals surface area contributed by atoms with E-state index in [-0.39, 0.29) is 24.3 Å². The van der Waals surface area contributed by atoms with Crippen LogP contribution in [0.4, 0.5) is 0 Å². The first-order valence-corrected chi connectivity index (χ1v) is 10.1. The Labute approximate surface area is 169 Å². The van der Waals surface area contributed by atoms with Crippen molar-refractivity contribution < 1.29 is 14.4 Å². The van der Waals surface area contributed by atoms with Crippen LogP contribution in [0.1, 0.15) is 39.4 Å². The number of nitrogens with zero attached hydrogens (tertiary/aromatic N) is 4. The van der Waals surface area contributed by atoms with Crippen LogP contribution < -0.4 is 5.32 Å². The van der Waals surface area contributed by atoms with Crippen LogP contribution in [0.2, 0.25) is 0 Å². The number of aromatic nitrogens is 2. The van der Waals surface area contributed by atoms with E-state index in [0.29, 0.717) is 37.4 Å². The molecule has 2 aromatic rings. The van der Waals surface area contributed by atoms with Crippen molar-refractivity contribution in [1.29, 1.82) is 0 Å². The summed E-state index contributed by atoms with van der Waals surface area (Å²) in [5, 5.41) is 7.12. The van der Waals surface area contributed by atoms with Gasteiger partial charge in [-0.2, -0.15) is 5.10 Å². The van der Waals surface area contributed by atoms with Gasteiger partial charge in [0, 0.05) is 44.0 Å². The van der Waals surface area contributed by atoms with Crippen LogP contribution in [0.25, 0.3) is 0 Å². The van der Waals surface area contributed by atoms with E-state index in [1.165, 1.54) is 0 Å². The van der Waals surface area contributed by atoms with Gasteiger partial charge in [0.2, 0.25) is 5.91 Å². The molecule has 1 saturated heterocycles. The predicted molar refractivity (Wildman–Crippen MR) is 106 cm³/mol. The van der Waals surface area contributed by atoms with E-state index in [0.717, 1.165) is 31.5 Å². The molecule has 0 spiro atoms. The molecule has 3 heterocycles. The highest BCUT2D eigenvalue weighted by molar-refractivity contribution is 5.96. The van der Waals surface area contributed by atoms with Crippen molar-refractivity contribution >= 4 is 17.7 Å². The summed E-state index contributed by atoms with van der Waals surface area (Å²) < 4.78 is 1.94. The summed E-state index contributed by atoms with van der Waals surface area (Å²) in [6.07, 6.45) is 3.21. The summed E-state index contributed by atoms with van der Waals surface area (Å²) in [6, 6.07) is 10.7. The number of amides is 3. The van der Waals surface area contributed by atoms with Crippen LogP contribution in [0.3, 0.4) is 0 Å². The molecule has 2 aliphatic heterocycles. The van der Waals surface area contributed by atoms with Gasteiger partial charge in [0.1, 0.15) is 0 Å². The van der Waals surface area contributed by atoms with Gasteiger partial charge in [0.15, 0.2) is 5.69 Å². The molecule has 2 aliphatic rings. The molecule has 0 aliphatic carbocycles. The van der Waals surface area contributed by atoms with Gasteiger partial charge in [-0.15, -0.1) is 0 Å². The summed E-state index contributed by atoms with van der Waals surface area (Å²) in [5.74, 6) is -0.480. The molecular formula is C21H25N5O3. The van der Waals surface area contributed by atoms with Gasteiger partial charge in [0.05, 0.1) is 6.54 Å². The normalized spacial score (nSPS) is 16.3.